The van der Waals surface area contributed by atoms with Gasteiger partial charge in [-0.1, -0.05) is 6.07 Å². The van der Waals surface area contributed by atoms with Gasteiger partial charge in [-0.25, -0.2) is 21.9 Å². The highest BCUT2D eigenvalue weighted by Gasteiger charge is 2.23. The minimum atomic E-state index is -4.22. The summed E-state index contributed by atoms with van der Waals surface area (Å²) in [6.07, 6.45) is 0. The van der Waals surface area contributed by atoms with Crippen molar-refractivity contribution in [2.24, 2.45) is 0 Å². The second-order valence-corrected chi connectivity index (χ2v) is 7.00. The van der Waals surface area contributed by atoms with Crippen molar-refractivity contribution >= 4 is 10.0 Å². The predicted molar refractivity (Wildman–Crippen MR) is 82.5 cm³/mol. The predicted octanol–water partition coefficient (Wildman–Crippen LogP) is 2.78. The van der Waals surface area contributed by atoms with Crippen molar-refractivity contribution in [2.75, 3.05) is 13.2 Å². The Kier molecular flexibility index (Phi) is 4.42. The van der Waals surface area contributed by atoms with Crippen LogP contribution >= 0.6 is 0 Å². The number of nitrogens with one attached hydrogen (secondary N) is 1. The van der Waals surface area contributed by atoms with Crippen LogP contribution in [0.4, 0.5) is 8.78 Å². The fourth-order valence-corrected chi connectivity index (χ4v) is 3.70. The summed E-state index contributed by atoms with van der Waals surface area (Å²) >= 11 is 0. The molecule has 0 amide bonds. The Hall–Kier alpha value is -2.19. The quantitative estimate of drug-likeness (QED) is 0.916. The second kappa shape index (κ2) is 6.37. The Morgan fingerprint density at radius 2 is 1.75 bits per heavy atom. The number of halogens is 2. The smallest absolute Gasteiger partial charge is 0.244 e. The molecule has 0 aliphatic carbocycles. The Morgan fingerprint density at radius 1 is 1.04 bits per heavy atom. The first-order valence-electron chi connectivity index (χ1n) is 7.24. The fraction of sp³-hybridized carbons (Fsp3) is 0.250. The van der Waals surface area contributed by atoms with Crippen molar-refractivity contribution in [3.05, 3.63) is 53.6 Å². The Bertz CT molecular complexity index is 870. The summed E-state index contributed by atoms with van der Waals surface area (Å²) < 4.78 is 64.8. The molecule has 0 saturated heterocycles. The van der Waals surface area contributed by atoms with E-state index in [9.17, 15) is 17.2 Å². The lowest BCUT2D eigenvalue weighted by Crippen LogP contribution is -2.28. The normalized spacial score (nSPS) is 15.1. The van der Waals surface area contributed by atoms with Gasteiger partial charge in [0.1, 0.15) is 29.7 Å². The van der Waals surface area contributed by atoms with Gasteiger partial charge in [-0.05, 0) is 42.8 Å². The molecule has 5 nitrogen and oxygen atoms in total. The molecule has 128 valence electrons. The molecule has 1 heterocycles. The molecule has 1 unspecified atom stereocenters. The van der Waals surface area contributed by atoms with Gasteiger partial charge in [-0.15, -0.1) is 0 Å². The van der Waals surface area contributed by atoms with Crippen LogP contribution in [0.3, 0.4) is 0 Å². The minimum Gasteiger partial charge on any atom is -0.486 e. The highest BCUT2D eigenvalue weighted by molar-refractivity contribution is 7.89. The monoisotopic (exact) mass is 355 g/mol. The molecule has 0 fully saturated rings. The van der Waals surface area contributed by atoms with Gasteiger partial charge in [0.15, 0.2) is 11.5 Å². The molecule has 24 heavy (non-hydrogen) atoms. The minimum absolute atomic E-state index is 0.408. The molecule has 0 radical (unpaired) electrons. The van der Waals surface area contributed by atoms with Crippen LogP contribution in [-0.4, -0.2) is 21.6 Å². The van der Waals surface area contributed by atoms with Crippen LogP contribution in [0.2, 0.25) is 0 Å². The van der Waals surface area contributed by atoms with Gasteiger partial charge in [0, 0.05) is 6.04 Å². The molecule has 0 aromatic heterocycles. The standard InChI is InChI=1S/C16H15F2NO4S/c1-10(11-2-5-14-15(8-11)23-7-6-22-14)19-24(20,21)16-9-12(17)3-4-13(16)18/h2-5,8-10,19H,6-7H2,1H3. The Morgan fingerprint density at radius 3 is 2.50 bits per heavy atom. The zero-order chi connectivity index (χ0) is 17.3. The van der Waals surface area contributed by atoms with Crippen LogP contribution in [0.15, 0.2) is 41.3 Å². The number of rotatable bonds is 4. The topological polar surface area (TPSA) is 64.6 Å². The molecule has 1 aliphatic heterocycles. The van der Waals surface area contributed by atoms with Crippen molar-refractivity contribution in [1.29, 1.82) is 0 Å². The maximum absolute atomic E-state index is 13.7. The summed E-state index contributed by atoms with van der Waals surface area (Å²) in [4.78, 5) is -0.730. The van der Waals surface area contributed by atoms with Gasteiger partial charge in [0.25, 0.3) is 0 Å². The number of hydrogen-bond acceptors (Lipinski definition) is 4. The number of hydrogen-bond donors (Lipinski definition) is 1. The highest BCUT2D eigenvalue weighted by Crippen LogP contribution is 2.33. The fourth-order valence-electron chi connectivity index (χ4n) is 2.38. The Balaban J connectivity index is 1.86. The molecule has 2 aromatic carbocycles. The number of ether oxygens (including phenoxy) is 2. The van der Waals surface area contributed by atoms with Crippen LogP contribution in [-0.2, 0) is 10.0 Å². The second-order valence-electron chi connectivity index (χ2n) is 5.32. The third-order valence-corrected chi connectivity index (χ3v) is 5.14. The van der Waals surface area contributed by atoms with E-state index < -0.39 is 32.6 Å². The molecule has 8 heteroatoms. The van der Waals surface area contributed by atoms with Gasteiger partial charge < -0.3 is 9.47 Å². The van der Waals surface area contributed by atoms with Crippen LogP contribution < -0.4 is 14.2 Å². The molecule has 0 bridgehead atoms. The summed E-state index contributed by atoms with van der Waals surface area (Å²) in [5.74, 6) is -0.750. The van der Waals surface area contributed by atoms with Crippen molar-refractivity contribution in [3.8, 4) is 11.5 Å². The third-order valence-electron chi connectivity index (χ3n) is 3.58. The number of fused-ring (bicyclic) bond motifs is 1. The van der Waals surface area contributed by atoms with Gasteiger partial charge in [-0.2, -0.15) is 0 Å². The van der Waals surface area contributed by atoms with Gasteiger partial charge in [0.2, 0.25) is 10.0 Å². The number of sulfonamides is 1. The van der Waals surface area contributed by atoms with Crippen molar-refractivity contribution in [2.45, 2.75) is 17.9 Å². The van der Waals surface area contributed by atoms with Crippen molar-refractivity contribution in [3.63, 3.8) is 0 Å². The number of benzene rings is 2. The third kappa shape index (κ3) is 3.34. The molecule has 1 N–H and O–H groups in total. The summed E-state index contributed by atoms with van der Waals surface area (Å²) in [6, 6.07) is 6.63. The summed E-state index contributed by atoms with van der Waals surface area (Å²) in [6.45, 7) is 2.46. The zero-order valence-corrected chi connectivity index (χ0v) is 13.6. The summed E-state index contributed by atoms with van der Waals surface area (Å²) in [5, 5.41) is 0. The van der Waals surface area contributed by atoms with Crippen LogP contribution in [0, 0.1) is 11.6 Å². The molecule has 1 aliphatic rings. The average molecular weight is 355 g/mol. The first-order valence-corrected chi connectivity index (χ1v) is 8.72. The van der Waals surface area contributed by atoms with Gasteiger partial charge in [0.05, 0.1) is 0 Å². The maximum atomic E-state index is 13.7. The molecule has 3 rings (SSSR count). The van der Waals surface area contributed by atoms with Crippen molar-refractivity contribution in [1.82, 2.24) is 4.72 Å². The van der Waals surface area contributed by atoms with E-state index in [1.807, 2.05) is 0 Å². The average Bonchev–Trinajstić information content (AvgIpc) is 2.56. The van der Waals surface area contributed by atoms with E-state index in [1.54, 1.807) is 25.1 Å². The van der Waals surface area contributed by atoms with E-state index in [0.29, 0.717) is 36.3 Å². The van der Waals surface area contributed by atoms with Crippen LogP contribution in [0.25, 0.3) is 0 Å². The summed E-state index contributed by atoms with van der Waals surface area (Å²) in [7, 11) is -4.22. The van der Waals surface area contributed by atoms with Crippen molar-refractivity contribution < 1.29 is 26.7 Å². The SMILES string of the molecule is CC(NS(=O)(=O)c1cc(F)ccc1F)c1ccc2c(c1)OCCO2. The van der Waals surface area contributed by atoms with E-state index in [0.717, 1.165) is 12.1 Å². The van der Waals surface area contributed by atoms with E-state index in [4.69, 9.17) is 9.47 Å². The highest BCUT2D eigenvalue weighted by atomic mass is 32.2. The van der Waals surface area contributed by atoms with Gasteiger partial charge >= 0.3 is 0 Å². The maximum Gasteiger partial charge on any atom is 0.244 e. The van der Waals surface area contributed by atoms with E-state index >= 15 is 0 Å². The van der Waals surface area contributed by atoms with E-state index in [2.05, 4.69) is 4.72 Å². The Labute approximate surface area is 138 Å². The molecular weight excluding hydrogens is 340 g/mol. The van der Waals surface area contributed by atoms with E-state index in [1.165, 1.54) is 0 Å². The zero-order valence-electron chi connectivity index (χ0n) is 12.8. The lowest BCUT2D eigenvalue weighted by atomic mass is 10.1. The lowest BCUT2D eigenvalue weighted by molar-refractivity contribution is 0.171. The van der Waals surface area contributed by atoms with Gasteiger partial charge in [-0.3, -0.25) is 0 Å². The largest absolute Gasteiger partial charge is 0.486 e. The lowest BCUT2D eigenvalue weighted by Gasteiger charge is -2.21. The van der Waals surface area contributed by atoms with Crippen LogP contribution in [0.1, 0.15) is 18.5 Å². The van der Waals surface area contributed by atoms with E-state index in [-0.39, 0.29) is 0 Å². The summed E-state index contributed by atoms with van der Waals surface area (Å²) in [5.41, 5.74) is 0.611. The molecule has 0 spiro atoms. The molecular formula is C16H15F2NO4S. The van der Waals surface area contributed by atoms with Crippen LogP contribution in [0.5, 0.6) is 11.5 Å². The molecule has 2 aromatic rings. The first kappa shape index (κ1) is 16.7. The first-order chi connectivity index (χ1) is 11.4. The molecule has 1 atom stereocenters. The molecule has 0 saturated carbocycles.